The maximum atomic E-state index is 10.7. The van der Waals surface area contributed by atoms with Crippen LogP contribution < -0.4 is 0 Å². The molecule has 0 spiro atoms. The summed E-state index contributed by atoms with van der Waals surface area (Å²) < 4.78 is 29.5. The molecule has 0 heterocycles. The Morgan fingerprint density at radius 2 is 1.42 bits per heavy atom. The van der Waals surface area contributed by atoms with Gasteiger partial charge in [0.2, 0.25) is 0 Å². The van der Waals surface area contributed by atoms with Crippen LogP contribution in [0.2, 0.25) is 0 Å². The van der Waals surface area contributed by atoms with Crippen molar-refractivity contribution in [3.8, 4) is 0 Å². The summed E-state index contributed by atoms with van der Waals surface area (Å²) in [5.41, 5.74) is 0. The van der Waals surface area contributed by atoms with E-state index in [0.29, 0.717) is 13.2 Å². The van der Waals surface area contributed by atoms with Gasteiger partial charge in [-0.25, -0.2) is 4.57 Å². The Bertz CT molecular complexity index is 107. The fraction of sp³-hybridized carbons (Fsp3) is 1.00. The number of hydrogen-bond donors (Lipinski definition) is 0. The lowest BCUT2D eigenvalue weighted by molar-refractivity contribution is -0.0120. The summed E-state index contributed by atoms with van der Waals surface area (Å²) in [6.45, 7) is 4.65. The van der Waals surface area contributed by atoms with Gasteiger partial charge in [0, 0.05) is 13.2 Å². The van der Waals surface area contributed by atoms with E-state index in [-0.39, 0.29) is 13.6 Å². The molecule has 0 unspecified atom stereocenters. The van der Waals surface area contributed by atoms with Crippen molar-refractivity contribution in [3.63, 3.8) is 0 Å². The smallest absolute Gasteiger partial charge is 0.355 e. The molecule has 0 fully saturated rings. The maximum Gasteiger partial charge on any atom is 0.373 e. The molecule has 5 nitrogen and oxygen atoms in total. The average Bonchev–Trinajstić information content (AvgIpc) is 2.06. The van der Waals surface area contributed by atoms with Crippen molar-refractivity contribution in [2.75, 3.05) is 26.8 Å². The van der Waals surface area contributed by atoms with Crippen molar-refractivity contribution in [2.45, 2.75) is 13.8 Å². The second-order valence-electron chi connectivity index (χ2n) is 1.70. The largest absolute Gasteiger partial charge is 0.373 e. The third-order valence-corrected chi connectivity index (χ3v) is 1.52. The molecule has 0 aromatic heterocycles. The van der Waals surface area contributed by atoms with Crippen LogP contribution in [0, 0.1) is 0 Å². The van der Waals surface area contributed by atoms with E-state index in [1.165, 1.54) is 0 Å². The zero-order valence-electron chi connectivity index (χ0n) is 7.32. The van der Waals surface area contributed by atoms with E-state index in [4.69, 9.17) is 9.47 Å². The van der Waals surface area contributed by atoms with Gasteiger partial charge in [-0.1, -0.05) is 0 Å². The summed E-state index contributed by atoms with van der Waals surface area (Å²) in [5, 5.41) is 0. The van der Waals surface area contributed by atoms with Crippen LogP contribution in [0.3, 0.4) is 0 Å². The Balaban J connectivity index is 3.10. The minimum absolute atomic E-state index is 0.0160. The molecule has 0 aromatic carbocycles. The van der Waals surface area contributed by atoms with Gasteiger partial charge in [-0.3, -0.25) is 9.05 Å². The van der Waals surface area contributed by atoms with Gasteiger partial charge in [-0.2, -0.15) is 0 Å². The maximum absolute atomic E-state index is 10.7. The Kier molecular flexibility index (Phi) is 8.99. The minimum Gasteiger partial charge on any atom is -0.355 e. The highest BCUT2D eigenvalue weighted by molar-refractivity contribution is 7.33. The highest BCUT2D eigenvalue weighted by Crippen LogP contribution is 2.22. The summed E-state index contributed by atoms with van der Waals surface area (Å²) in [6.07, 6.45) is 0. The van der Waals surface area contributed by atoms with Gasteiger partial charge in [0.15, 0.2) is 13.6 Å². The third kappa shape index (κ3) is 8.04. The molecule has 0 N–H and O–H groups in total. The van der Waals surface area contributed by atoms with Crippen LogP contribution in [0.15, 0.2) is 0 Å². The topological polar surface area (TPSA) is 54.0 Å². The summed E-state index contributed by atoms with van der Waals surface area (Å²) in [6, 6.07) is 0. The van der Waals surface area contributed by atoms with E-state index >= 15 is 0 Å². The zero-order chi connectivity index (χ0) is 9.23. The molecule has 0 saturated carbocycles. The van der Waals surface area contributed by atoms with Crippen LogP contribution in [0.25, 0.3) is 0 Å². The number of hydrogen-bond acceptors (Lipinski definition) is 5. The van der Waals surface area contributed by atoms with Gasteiger partial charge < -0.3 is 9.47 Å². The molecule has 0 aromatic rings. The van der Waals surface area contributed by atoms with Gasteiger partial charge in [0.05, 0.1) is 0 Å². The molecule has 12 heavy (non-hydrogen) atoms. The molecular weight excluding hydrogens is 183 g/mol. The van der Waals surface area contributed by atoms with Crippen LogP contribution in [-0.2, 0) is 23.1 Å². The first kappa shape index (κ1) is 11.9. The Hall–Kier alpha value is -0.0600. The normalized spacial score (nSPS) is 10.2. The molecule has 0 atom stereocenters. The van der Waals surface area contributed by atoms with E-state index < -0.39 is 8.25 Å². The highest BCUT2D eigenvalue weighted by atomic mass is 31.1. The van der Waals surface area contributed by atoms with Gasteiger partial charge in [-0.05, 0) is 13.8 Å². The SMILES string of the molecule is CCOCO[P](=O)OCOCC. The van der Waals surface area contributed by atoms with E-state index in [1.807, 2.05) is 13.8 Å². The van der Waals surface area contributed by atoms with Crippen LogP contribution >= 0.6 is 8.25 Å². The van der Waals surface area contributed by atoms with Gasteiger partial charge >= 0.3 is 8.25 Å². The predicted octanol–water partition coefficient (Wildman–Crippen LogP) is 1.67. The fourth-order valence-electron chi connectivity index (χ4n) is 0.365. The Labute approximate surface area is 72.9 Å². The van der Waals surface area contributed by atoms with E-state index in [2.05, 4.69) is 9.05 Å². The second kappa shape index (κ2) is 9.03. The molecular formula is C6H14O5P. The molecule has 0 amide bonds. The molecule has 1 radical (unpaired) electrons. The highest BCUT2D eigenvalue weighted by Gasteiger charge is 2.00. The molecule has 0 aliphatic carbocycles. The Morgan fingerprint density at radius 1 is 1.00 bits per heavy atom. The van der Waals surface area contributed by atoms with Crippen molar-refractivity contribution in [3.05, 3.63) is 0 Å². The average molecular weight is 197 g/mol. The van der Waals surface area contributed by atoms with Crippen LogP contribution in [0.5, 0.6) is 0 Å². The van der Waals surface area contributed by atoms with Crippen molar-refractivity contribution in [1.82, 2.24) is 0 Å². The standard InChI is InChI=1S/C6H14O5P/c1-3-8-5-10-12(7)11-6-9-4-2/h3-6H2,1-2H3. The molecule has 6 heteroatoms. The lowest BCUT2D eigenvalue weighted by Crippen LogP contribution is -1.97. The van der Waals surface area contributed by atoms with E-state index in [0.717, 1.165) is 0 Å². The molecule has 0 rings (SSSR count). The Morgan fingerprint density at radius 3 is 1.75 bits per heavy atom. The zero-order valence-corrected chi connectivity index (χ0v) is 8.21. The fourth-order valence-corrected chi connectivity index (χ4v) is 0.760. The quantitative estimate of drug-likeness (QED) is 0.336. The molecule has 0 saturated heterocycles. The van der Waals surface area contributed by atoms with Crippen LogP contribution in [0.4, 0.5) is 0 Å². The summed E-state index contributed by atoms with van der Waals surface area (Å²) in [4.78, 5) is 0. The van der Waals surface area contributed by atoms with Crippen molar-refractivity contribution >= 4 is 8.25 Å². The van der Waals surface area contributed by atoms with Crippen LogP contribution in [-0.4, -0.2) is 26.8 Å². The van der Waals surface area contributed by atoms with Gasteiger partial charge in [0.25, 0.3) is 0 Å². The molecule has 0 bridgehead atoms. The molecule has 0 aliphatic rings. The number of ether oxygens (including phenoxy) is 2. The molecule has 73 valence electrons. The van der Waals surface area contributed by atoms with Crippen molar-refractivity contribution in [1.29, 1.82) is 0 Å². The van der Waals surface area contributed by atoms with Gasteiger partial charge in [-0.15, -0.1) is 0 Å². The lowest BCUT2D eigenvalue weighted by Gasteiger charge is -2.02. The number of rotatable bonds is 8. The first-order valence-electron chi connectivity index (χ1n) is 3.69. The van der Waals surface area contributed by atoms with Crippen molar-refractivity contribution in [2.24, 2.45) is 0 Å². The van der Waals surface area contributed by atoms with Crippen LogP contribution in [0.1, 0.15) is 13.8 Å². The first-order valence-corrected chi connectivity index (χ1v) is 4.79. The van der Waals surface area contributed by atoms with E-state index in [1.54, 1.807) is 0 Å². The summed E-state index contributed by atoms with van der Waals surface area (Å²) in [7, 11) is -2.10. The monoisotopic (exact) mass is 197 g/mol. The summed E-state index contributed by atoms with van der Waals surface area (Å²) >= 11 is 0. The van der Waals surface area contributed by atoms with E-state index in [9.17, 15) is 4.57 Å². The third-order valence-electron chi connectivity index (χ3n) is 0.891. The minimum atomic E-state index is -2.10. The first-order chi connectivity index (χ1) is 5.81. The van der Waals surface area contributed by atoms with Crippen molar-refractivity contribution < 1.29 is 23.1 Å². The predicted molar refractivity (Wildman–Crippen MR) is 42.8 cm³/mol. The van der Waals surface area contributed by atoms with Gasteiger partial charge in [0.1, 0.15) is 0 Å². The second-order valence-corrected chi connectivity index (χ2v) is 2.67. The summed E-state index contributed by atoms with van der Waals surface area (Å²) in [5.74, 6) is 0. The molecule has 0 aliphatic heterocycles. The lowest BCUT2D eigenvalue weighted by atomic mass is 10.9.